The van der Waals surface area contributed by atoms with Gasteiger partial charge >= 0.3 is 0 Å². The van der Waals surface area contributed by atoms with Crippen molar-refractivity contribution in [3.63, 3.8) is 0 Å². The molecule has 0 saturated heterocycles. The first-order chi connectivity index (χ1) is 9.62. The van der Waals surface area contributed by atoms with Crippen molar-refractivity contribution >= 4 is 16.6 Å². The van der Waals surface area contributed by atoms with Crippen LogP contribution in [0.15, 0.2) is 74.0 Å². The predicted octanol–water partition coefficient (Wildman–Crippen LogP) is 4.22. The average Bonchev–Trinajstić information content (AvgIpc) is 2.47. The molecule has 0 atom stereocenters. The topological polar surface area (TPSA) is 26.3 Å². The monoisotopic (exact) mass is 264 g/mol. The molecular formula is C18H16O2. The number of ether oxygens (including phenoxy) is 1. The minimum Gasteiger partial charge on any atom is -0.458 e. The number of hydrogen-bond donors (Lipinski definition) is 0. The fraction of sp³-hybridized carbons (Fsp3) is 0.0556. The van der Waals surface area contributed by atoms with E-state index in [-0.39, 0.29) is 5.78 Å². The molecule has 0 N–H and O–H groups in total. The molecule has 2 heteroatoms. The van der Waals surface area contributed by atoms with Crippen molar-refractivity contribution in [2.45, 2.75) is 6.42 Å². The van der Waals surface area contributed by atoms with E-state index >= 15 is 0 Å². The Labute approximate surface area is 118 Å². The summed E-state index contributed by atoms with van der Waals surface area (Å²) in [6.07, 6.45) is 3.29. The van der Waals surface area contributed by atoms with Gasteiger partial charge in [-0.15, -0.1) is 0 Å². The second-order valence-electron chi connectivity index (χ2n) is 4.46. The first-order valence-corrected chi connectivity index (χ1v) is 6.29. The normalized spacial score (nSPS) is 10.0. The van der Waals surface area contributed by atoms with Gasteiger partial charge < -0.3 is 4.74 Å². The third-order valence-electron chi connectivity index (χ3n) is 2.96. The van der Waals surface area contributed by atoms with Gasteiger partial charge in [-0.1, -0.05) is 44.0 Å². The number of benzene rings is 2. The highest BCUT2D eigenvalue weighted by Gasteiger charge is 2.03. The molecule has 0 saturated carbocycles. The maximum Gasteiger partial charge on any atom is 0.159 e. The summed E-state index contributed by atoms with van der Waals surface area (Å²) in [4.78, 5) is 11.4. The molecule has 2 nitrogen and oxygen atoms in total. The van der Waals surface area contributed by atoms with Gasteiger partial charge in [0.15, 0.2) is 5.78 Å². The van der Waals surface area contributed by atoms with Gasteiger partial charge in [-0.2, -0.15) is 0 Å². The molecule has 100 valence electrons. The highest BCUT2D eigenvalue weighted by molar-refractivity contribution is 5.92. The van der Waals surface area contributed by atoms with Crippen LogP contribution in [0.1, 0.15) is 5.56 Å². The van der Waals surface area contributed by atoms with E-state index in [9.17, 15) is 4.79 Å². The SMILES string of the molecule is C=CC(=C)Oc1ccc2cc(CC(=O)C=C)ccc2c1. The van der Waals surface area contributed by atoms with Gasteiger partial charge in [0.05, 0.1) is 0 Å². The number of fused-ring (bicyclic) bond motifs is 1. The highest BCUT2D eigenvalue weighted by Crippen LogP contribution is 2.23. The summed E-state index contributed by atoms with van der Waals surface area (Å²) in [5.74, 6) is 1.25. The standard InChI is InChI=1S/C18H16O2/c1-4-13(3)20-18-9-8-15-10-14(11-17(19)5-2)6-7-16(15)12-18/h4-10,12H,1-3,11H2. The second kappa shape index (κ2) is 6.02. The zero-order chi connectivity index (χ0) is 14.5. The molecule has 2 aromatic rings. The van der Waals surface area contributed by atoms with Crippen molar-refractivity contribution in [2.75, 3.05) is 0 Å². The number of carbonyl (C=O) groups excluding carboxylic acids is 1. The van der Waals surface area contributed by atoms with Crippen LogP contribution in [-0.2, 0) is 11.2 Å². The Morgan fingerprint density at radius 3 is 2.45 bits per heavy atom. The minimum absolute atomic E-state index is 0.0200. The van der Waals surface area contributed by atoms with Crippen molar-refractivity contribution in [3.05, 3.63) is 79.6 Å². The third-order valence-corrected chi connectivity index (χ3v) is 2.96. The molecule has 0 unspecified atom stereocenters. The quantitative estimate of drug-likeness (QED) is 0.443. The van der Waals surface area contributed by atoms with Gasteiger partial charge in [-0.3, -0.25) is 4.79 Å². The Morgan fingerprint density at radius 1 is 1.05 bits per heavy atom. The van der Waals surface area contributed by atoms with Crippen molar-refractivity contribution in [2.24, 2.45) is 0 Å². The van der Waals surface area contributed by atoms with Gasteiger partial charge in [-0.25, -0.2) is 0 Å². The molecule has 0 amide bonds. The van der Waals surface area contributed by atoms with Crippen molar-refractivity contribution in [1.29, 1.82) is 0 Å². The summed E-state index contributed by atoms with van der Waals surface area (Å²) >= 11 is 0. The fourth-order valence-electron chi connectivity index (χ4n) is 1.91. The largest absolute Gasteiger partial charge is 0.458 e. The van der Waals surface area contributed by atoms with Crippen molar-refractivity contribution < 1.29 is 9.53 Å². The van der Waals surface area contributed by atoms with Crippen molar-refractivity contribution in [3.8, 4) is 5.75 Å². The number of rotatable bonds is 6. The average molecular weight is 264 g/mol. The van der Waals surface area contributed by atoms with Crippen LogP contribution in [-0.4, -0.2) is 5.78 Å². The molecule has 20 heavy (non-hydrogen) atoms. The van der Waals surface area contributed by atoms with E-state index in [4.69, 9.17) is 4.74 Å². The first kappa shape index (κ1) is 13.8. The second-order valence-corrected chi connectivity index (χ2v) is 4.46. The van der Waals surface area contributed by atoms with Gasteiger partial charge in [0.25, 0.3) is 0 Å². The van der Waals surface area contributed by atoms with Crippen molar-refractivity contribution in [1.82, 2.24) is 0 Å². The minimum atomic E-state index is 0.0200. The Bertz CT molecular complexity index is 634. The lowest BCUT2D eigenvalue weighted by Gasteiger charge is -2.07. The van der Waals surface area contributed by atoms with E-state index in [2.05, 4.69) is 19.7 Å². The van der Waals surface area contributed by atoms with E-state index in [0.29, 0.717) is 12.2 Å². The number of allylic oxidation sites excluding steroid dienone is 2. The lowest BCUT2D eigenvalue weighted by molar-refractivity contribution is -0.114. The summed E-state index contributed by atoms with van der Waals surface area (Å²) in [5, 5.41) is 2.12. The molecule has 0 spiro atoms. The number of hydrogen-bond acceptors (Lipinski definition) is 2. The lowest BCUT2D eigenvalue weighted by Crippen LogP contribution is -1.97. The first-order valence-electron chi connectivity index (χ1n) is 6.29. The van der Waals surface area contributed by atoms with Crippen LogP contribution in [0.2, 0.25) is 0 Å². The fourth-order valence-corrected chi connectivity index (χ4v) is 1.91. The molecule has 0 aromatic heterocycles. The van der Waals surface area contributed by atoms with E-state index in [1.165, 1.54) is 6.08 Å². The molecule has 0 radical (unpaired) electrons. The van der Waals surface area contributed by atoms with Crippen LogP contribution >= 0.6 is 0 Å². The molecule has 0 bridgehead atoms. The Hall–Kier alpha value is -2.61. The molecule has 2 rings (SSSR count). The van der Waals surface area contributed by atoms with E-state index in [1.807, 2.05) is 36.4 Å². The molecule has 0 heterocycles. The Morgan fingerprint density at radius 2 is 1.75 bits per heavy atom. The summed E-state index contributed by atoms with van der Waals surface area (Å²) in [6, 6.07) is 11.7. The predicted molar refractivity (Wildman–Crippen MR) is 82.8 cm³/mol. The highest BCUT2D eigenvalue weighted by atomic mass is 16.5. The maximum atomic E-state index is 11.4. The zero-order valence-electron chi connectivity index (χ0n) is 11.3. The van der Waals surface area contributed by atoms with E-state index in [0.717, 1.165) is 22.1 Å². The zero-order valence-corrected chi connectivity index (χ0v) is 11.3. The van der Waals surface area contributed by atoms with Gasteiger partial charge in [-0.05, 0) is 40.6 Å². The summed E-state index contributed by atoms with van der Waals surface area (Å²) < 4.78 is 5.50. The third kappa shape index (κ3) is 3.23. The lowest BCUT2D eigenvalue weighted by atomic mass is 10.0. The van der Waals surface area contributed by atoms with E-state index < -0.39 is 0 Å². The van der Waals surface area contributed by atoms with Crippen LogP contribution in [0.25, 0.3) is 10.8 Å². The Balaban J connectivity index is 2.29. The molecule has 0 aliphatic carbocycles. The van der Waals surface area contributed by atoms with E-state index in [1.54, 1.807) is 6.08 Å². The summed E-state index contributed by atoms with van der Waals surface area (Å²) in [5.41, 5.74) is 0.978. The van der Waals surface area contributed by atoms with Crippen LogP contribution in [0, 0.1) is 0 Å². The number of ketones is 1. The molecule has 0 aliphatic heterocycles. The molecule has 2 aromatic carbocycles. The Kier molecular flexibility index (Phi) is 4.16. The van der Waals surface area contributed by atoms with Crippen LogP contribution in [0.5, 0.6) is 5.75 Å². The smallest absolute Gasteiger partial charge is 0.159 e. The van der Waals surface area contributed by atoms with Crippen LogP contribution in [0.3, 0.4) is 0 Å². The van der Waals surface area contributed by atoms with Crippen LogP contribution < -0.4 is 4.74 Å². The molecule has 0 aliphatic rings. The van der Waals surface area contributed by atoms with Gasteiger partial charge in [0.1, 0.15) is 11.5 Å². The molecule has 0 fully saturated rings. The summed E-state index contributed by atoms with van der Waals surface area (Å²) in [6.45, 7) is 10.8. The maximum absolute atomic E-state index is 11.4. The summed E-state index contributed by atoms with van der Waals surface area (Å²) in [7, 11) is 0. The van der Waals surface area contributed by atoms with Gasteiger partial charge in [0.2, 0.25) is 0 Å². The van der Waals surface area contributed by atoms with Gasteiger partial charge in [0, 0.05) is 6.42 Å². The molecular weight excluding hydrogens is 248 g/mol. The van der Waals surface area contributed by atoms with Crippen LogP contribution in [0.4, 0.5) is 0 Å². The number of carbonyl (C=O) groups is 1.